The molecular formula is C23H31ClN2O3. The van der Waals surface area contributed by atoms with Gasteiger partial charge in [-0.05, 0) is 55.2 Å². The van der Waals surface area contributed by atoms with Crippen LogP contribution in [0.25, 0.3) is 0 Å². The van der Waals surface area contributed by atoms with E-state index in [9.17, 15) is 9.90 Å². The summed E-state index contributed by atoms with van der Waals surface area (Å²) < 4.78 is 5.59. The fraction of sp³-hybridized carbons (Fsp3) is 0.565. The van der Waals surface area contributed by atoms with Crippen LogP contribution in [0.15, 0.2) is 22.7 Å². The SMILES string of the molecule is Cc1ccc(NC(=O)CCc2noc(C3CC(CC(C)(C)C)C3)c2CO)c(Cl)c1. The van der Waals surface area contributed by atoms with Crippen LogP contribution in [0.2, 0.25) is 5.02 Å². The first-order valence-corrected chi connectivity index (χ1v) is 10.7. The molecule has 0 saturated heterocycles. The molecule has 0 atom stereocenters. The Hall–Kier alpha value is -1.85. The van der Waals surface area contributed by atoms with E-state index in [1.165, 1.54) is 6.42 Å². The van der Waals surface area contributed by atoms with E-state index in [1.54, 1.807) is 6.07 Å². The number of aryl methyl sites for hydroxylation is 2. The Bertz CT molecular complexity index is 863. The quantitative estimate of drug-likeness (QED) is 0.610. The number of aliphatic hydroxyl groups excluding tert-OH is 1. The zero-order valence-electron chi connectivity index (χ0n) is 17.7. The maximum absolute atomic E-state index is 12.3. The summed E-state index contributed by atoms with van der Waals surface area (Å²) in [6, 6.07) is 5.52. The topological polar surface area (TPSA) is 75.4 Å². The molecule has 158 valence electrons. The lowest BCUT2D eigenvalue weighted by Crippen LogP contribution is -2.26. The Balaban J connectivity index is 1.56. The van der Waals surface area contributed by atoms with Crippen molar-refractivity contribution >= 4 is 23.2 Å². The van der Waals surface area contributed by atoms with Crippen molar-refractivity contribution in [3.63, 3.8) is 0 Å². The molecule has 29 heavy (non-hydrogen) atoms. The largest absolute Gasteiger partial charge is 0.391 e. The molecule has 3 rings (SSSR count). The molecule has 1 aromatic heterocycles. The van der Waals surface area contributed by atoms with E-state index in [-0.39, 0.29) is 18.9 Å². The average molecular weight is 419 g/mol. The Kier molecular flexibility index (Phi) is 6.69. The Morgan fingerprint density at radius 1 is 1.34 bits per heavy atom. The van der Waals surface area contributed by atoms with E-state index in [2.05, 4.69) is 31.2 Å². The summed E-state index contributed by atoms with van der Waals surface area (Å²) in [5.74, 6) is 1.68. The summed E-state index contributed by atoms with van der Waals surface area (Å²) in [5, 5.41) is 17.4. The summed E-state index contributed by atoms with van der Waals surface area (Å²) in [6.07, 6.45) is 4.02. The molecule has 1 amide bonds. The first-order valence-electron chi connectivity index (χ1n) is 10.3. The monoisotopic (exact) mass is 418 g/mol. The molecule has 1 aromatic carbocycles. The number of hydrogen-bond donors (Lipinski definition) is 2. The summed E-state index contributed by atoms with van der Waals surface area (Å²) in [4.78, 5) is 12.3. The van der Waals surface area contributed by atoms with Gasteiger partial charge in [0, 0.05) is 24.3 Å². The van der Waals surface area contributed by atoms with Crippen LogP contribution in [0.5, 0.6) is 0 Å². The minimum atomic E-state index is -0.141. The molecular weight excluding hydrogens is 388 g/mol. The predicted molar refractivity (Wildman–Crippen MR) is 115 cm³/mol. The van der Waals surface area contributed by atoms with Gasteiger partial charge in [0.1, 0.15) is 5.76 Å². The molecule has 0 spiro atoms. The van der Waals surface area contributed by atoms with Gasteiger partial charge in [-0.25, -0.2) is 0 Å². The van der Waals surface area contributed by atoms with Crippen molar-refractivity contribution in [1.29, 1.82) is 0 Å². The van der Waals surface area contributed by atoms with Gasteiger partial charge in [-0.15, -0.1) is 0 Å². The zero-order valence-corrected chi connectivity index (χ0v) is 18.5. The minimum Gasteiger partial charge on any atom is -0.391 e. The fourth-order valence-corrected chi connectivity index (χ4v) is 4.47. The van der Waals surface area contributed by atoms with E-state index in [4.69, 9.17) is 16.1 Å². The standard InChI is InChI=1S/C23H31ClN2O3/c1-14-5-6-20(18(24)9-14)25-21(28)8-7-19-17(13-27)22(29-26-19)16-10-15(11-16)12-23(2,3)4/h5-6,9,15-16,27H,7-8,10-13H2,1-4H3,(H,25,28). The normalized spacial score (nSPS) is 19.1. The predicted octanol–water partition coefficient (Wildman–Crippen LogP) is 5.63. The summed E-state index contributed by atoms with van der Waals surface area (Å²) >= 11 is 6.18. The summed E-state index contributed by atoms with van der Waals surface area (Å²) in [5.41, 5.74) is 3.40. The van der Waals surface area contributed by atoms with Crippen LogP contribution in [-0.4, -0.2) is 16.2 Å². The lowest BCUT2D eigenvalue weighted by atomic mass is 9.67. The second kappa shape index (κ2) is 8.88. The smallest absolute Gasteiger partial charge is 0.224 e. The van der Waals surface area contributed by atoms with E-state index in [1.807, 2.05) is 19.1 Å². The van der Waals surface area contributed by atoms with Crippen molar-refractivity contribution in [1.82, 2.24) is 5.16 Å². The van der Waals surface area contributed by atoms with E-state index < -0.39 is 0 Å². The molecule has 0 bridgehead atoms. The molecule has 6 heteroatoms. The number of benzene rings is 1. The lowest BCUT2D eigenvalue weighted by molar-refractivity contribution is -0.116. The van der Waals surface area contributed by atoms with Gasteiger partial charge in [0.15, 0.2) is 0 Å². The maximum Gasteiger partial charge on any atom is 0.224 e. The van der Waals surface area contributed by atoms with E-state index in [0.29, 0.717) is 40.1 Å². The van der Waals surface area contributed by atoms with Crippen LogP contribution in [0.1, 0.15) is 75.0 Å². The van der Waals surface area contributed by atoms with Crippen LogP contribution in [0, 0.1) is 18.3 Å². The number of carbonyl (C=O) groups is 1. The molecule has 1 aliphatic carbocycles. The molecule has 1 fully saturated rings. The number of rotatable bonds is 7. The van der Waals surface area contributed by atoms with Crippen LogP contribution in [-0.2, 0) is 17.8 Å². The second-order valence-corrected chi connectivity index (χ2v) is 9.87. The number of aromatic nitrogens is 1. The molecule has 1 saturated carbocycles. The number of aliphatic hydroxyl groups is 1. The van der Waals surface area contributed by atoms with Crippen molar-refractivity contribution in [3.05, 3.63) is 45.8 Å². The van der Waals surface area contributed by atoms with Crippen molar-refractivity contribution in [2.45, 2.75) is 72.3 Å². The maximum atomic E-state index is 12.3. The van der Waals surface area contributed by atoms with Gasteiger partial charge in [0.05, 0.1) is 23.0 Å². The number of amides is 1. The number of carbonyl (C=O) groups excluding carboxylic acids is 1. The van der Waals surface area contributed by atoms with Gasteiger partial charge < -0.3 is 14.9 Å². The first-order chi connectivity index (χ1) is 13.7. The first kappa shape index (κ1) is 21.8. The van der Waals surface area contributed by atoms with Crippen molar-refractivity contribution in [2.75, 3.05) is 5.32 Å². The van der Waals surface area contributed by atoms with E-state index >= 15 is 0 Å². The van der Waals surface area contributed by atoms with Crippen molar-refractivity contribution in [3.8, 4) is 0 Å². The Morgan fingerprint density at radius 2 is 2.07 bits per heavy atom. The third-order valence-electron chi connectivity index (χ3n) is 5.55. The second-order valence-electron chi connectivity index (χ2n) is 9.46. The molecule has 0 radical (unpaired) electrons. The van der Waals surface area contributed by atoms with Gasteiger partial charge in [0.2, 0.25) is 5.91 Å². The Labute approximate surface area is 177 Å². The highest BCUT2D eigenvalue weighted by molar-refractivity contribution is 6.33. The molecule has 1 heterocycles. The number of anilines is 1. The van der Waals surface area contributed by atoms with Crippen molar-refractivity contribution in [2.24, 2.45) is 11.3 Å². The number of nitrogens with one attached hydrogen (secondary N) is 1. The lowest BCUT2D eigenvalue weighted by Gasteiger charge is -2.38. The summed E-state index contributed by atoms with van der Waals surface area (Å²) in [7, 11) is 0. The third kappa shape index (κ3) is 5.61. The van der Waals surface area contributed by atoms with Crippen LogP contribution in [0.3, 0.4) is 0 Å². The third-order valence-corrected chi connectivity index (χ3v) is 5.87. The number of halogens is 1. The van der Waals surface area contributed by atoms with Crippen LogP contribution in [0.4, 0.5) is 5.69 Å². The number of nitrogens with zero attached hydrogens (tertiary/aromatic N) is 1. The van der Waals surface area contributed by atoms with Gasteiger partial charge in [0.25, 0.3) is 0 Å². The van der Waals surface area contributed by atoms with Gasteiger partial charge in [-0.2, -0.15) is 0 Å². The van der Waals surface area contributed by atoms with Gasteiger partial charge in [-0.3, -0.25) is 4.79 Å². The average Bonchev–Trinajstić information content (AvgIpc) is 3.00. The highest BCUT2D eigenvalue weighted by Crippen LogP contribution is 2.47. The van der Waals surface area contributed by atoms with Crippen LogP contribution < -0.4 is 5.32 Å². The highest BCUT2D eigenvalue weighted by Gasteiger charge is 2.37. The van der Waals surface area contributed by atoms with Crippen molar-refractivity contribution < 1.29 is 14.4 Å². The molecule has 2 N–H and O–H groups in total. The Morgan fingerprint density at radius 3 is 2.69 bits per heavy atom. The molecule has 5 nitrogen and oxygen atoms in total. The van der Waals surface area contributed by atoms with Gasteiger partial charge >= 0.3 is 0 Å². The molecule has 0 unspecified atom stereocenters. The minimum absolute atomic E-state index is 0.111. The number of hydrogen-bond acceptors (Lipinski definition) is 4. The van der Waals surface area contributed by atoms with Gasteiger partial charge in [-0.1, -0.05) is 43.6 Å². The van der Waals surface area contributed by atoms with Crippen LogP contribution >= 0.6 is 11.6 Å². The fourth-order valence-electron chi connectivity index (χ4n) is 4.19. The summed E-state index contributed by atoms with van der Waals surface area (Å²) in [6.45, 7) is 8.63. The zero-order chi connectivity index (χ0) is 21.2. The highest BCUT2D eigenvalue weighted by atomic mass is 35.5. The molecule has 1 aliphatic rings. The van der Waals surface area contributed by atoms with E-state index in [0.717, 1.165) is 29.7 Å². The molecule has 0 aliphatic heterocycles. The molecule has 2 aromatic rings.